The van der Waals surface area contributed by atoms with Gasteiger partial charge in [-0.1, -0.05) is 0 Å². The van der Waals surface area contributed by atoms with Gasteiger partial charge in [-0.15, -0.1) is 22.0 Å². The highest BCUT2D eigenvalue weighted by Gasteiger charge is 2.22. The molecule has 0 aliphatic carbocycles. The topological polar surface area (TPSA) is 66.4 Å². The quantitative estimate of drug-likeness (QED) is 0.789. The third-order valence-electron chi connectivity index (χ3n) is 2.95. The Morgan fingerprint density at radius 3 is 3.05 bits per heavy atom. The molecular weight excluding hydrogens is 278 g/mol. The van der Waals surface area contributed by atoms with Gasteiger partial charge >= 0.3 is 0 Å². The summed E-state index contributed by atoms with van der Waals surface area (Å²) in [6.45, 7) is 1.70. The molecule has 0 aromatic carbocycles. The highest BCUT2D eigenvalue weighted by molar-refractivity contribution is 7.99. The fourth-order valence-corrected chi connectivity index (χ4v) is 2.88. The monoisotopic (exact) mass is 288 g/mol. The van der Waals surface area contributed by atoms with E-state index in [9.17, 15) is 0 Å². The summed E-state index contributed by atoms with van der Waals surface area (Å²) in [6.07, 6.45) is 2.81. The molecule has 2 aromatic rings. The molecule has 2 aliphatic heterocycles. The lowest BCUT2D eigenvalue weighted by Gasteiger charge is -2.20. The number of aromatic nitrogens is 3. The first-order chi connectivity index (χ1) is 9.92. The van der Waals surface area contributed by atoms with Gasteiger partial charge in [0.2, 0.25) is 5.88 Å². The smallest absolute Gasteiger partial charge is 0.247 e. The van der Waals surface area contributed by atoms with Crippen LogP contribution in [0.4, 0.5) is 0 Å². The lowest BCUT2D eigenvalue weighted by Crippen LogP contribution is -2.16. The van der Waals surface area contributed by atoms with Crippen LogP contribution in [0.25, 0.3) is 11.4 Å². The molecule has 7 heteroatoms. The molecule has 0 unspecified atom stereocenters. The number of pyridine rings is 1. The van der Waals surface area contributed by atoms with Crippen molar-refractivity contribution in [3.63, 3.8) is 0 Å². The summed E-state index contributed by atoms with van der Waals surface area (Å²) in [4.78, 5) is 5.20. The van der Waals surface area contributed by atoms with Crippen molar-refractivity contribution >= 4 is 11.8 Å². The van der Waals surface area contributed by atoms with Crippen LogP contribution in [0.2, 0.25) is 0 Å². The average molecular weight is 288 g/mol. The standard InChI is InChI=1S/C13H10N3O3S/c1-2-14-11(12-9(1)17-3-4-18-12)8-7-10-13(16-15-8)19-5-6-20-10/h1,7H,3-6H2. The van der Waals surface area contributed by atoms with Crippen molar-refractivity contribution in [3.05, 3.63) is 18.3 Å². The minimum absolute atomic E-state index is 0.502. The first-order valence-corrected chi connectivity index (χ1v) is 7.21. The Hall–Kier alpha value is -2.02. The fourth-order valence-electron chi connectivity index (χ4n) is 2.08. The van der Waals surface area contributed by atoms with Crippen molar-refractivity contribution in [2.24, 2.45) is 0 Å². The molecule has 1 radical (unpaired) electrons. The normalized spacial score (nSPS) is 16.2. The Morgan fingerprint density at radius 1 is 1.10 bits per heavy atom. The van der Waals surface area contributed by atoms with Crippen molar-refractivity contribution in [3.8, 4) is 28.8 Å². The largest absolute Gasteiger partial charge is 0.486 e. The maximum absolute atomic E-state index is 5.64. The molecule has 6 nitrogen and oxygen atoms in total. The van der Waals surface area contributed by atoms with E-state index in [4.69, 9.17) is 14.2 Å². The number of hydrogen-bond acceptors (Lipinski definition) is 7. The van der Waals surface area contributed by atoms with Gasteiger partial charge in [-0.05, 0) is 6.07 Å². The minimum Gasteiger partial charge on any atom is -0.486 e. The van der Waals surface area contributed by atoms with Crippen LogP contribution in [0.3, 0.4) is 0 Å². The number of nitrogens with zero attached hydrogens (tertiary/aromatic N) is 3. The van der Waals surface area contributed by atoms with Gasteiger partial charge in [0.1, 0.15) is 24.6 Å². The highest BCUT2D eigenvalue weighted by atomic mass is 32.2. The number of rotatable bonds is 1. The Morgan fingerprint density at radius 2 is 2.05 bits per heavy atom. The lowest BCUT2D eigenvalue weighted by atomic mass is 10.2. The van der Waals surface area contributed by atoms with Gasteiger partial charge in [0.05, 0.1) is 17.7 Å². The molecule has 20 heavy (non-hydrogen) atoms. The predicted octanol–water partition coefficient (Wildman–Crippen LogP) is 1.59. The Bertz CT molecular complexity index is 665. The second-order valence-electron chi connectivity index (χ2n) is 4.22. The van der Waals surface area contributed by atoms with E-state index in [-0.39, 0.29) is 0 Å². The zero-order valence-corrected chi connectivity index (χ0v) is 11.3. The van der Waals surface area contributed by atoms with E-state index < -0.39 is 0 Å². The number of ether oxygens (including phenoxy) is 3. The molecule has 4 rings (SSSR count). The van der Waals surface area contributed by atoms with Gasteiger partial charge in [0.25, 0.3) is 0 Å². The molecule has 101 valence electrons. The van der Waals surface area contributed by atoms with Crippen LogP contribution in [-0.4, -0.2) is 40.8 Å². The number of fused-ring (bicyclic) bond motifs is 2. The van der Waals surface area contributed by atoms with Crippen LogP contribution in [0.5, 0.6) is 17.4 Å². The minimum atomic E-state index is 0.502. The van der Waals surface area contributed by atoms with Crippen LogP contribution < -0.4 is 14.2 Å². The summed E-state index contributed by atoms with van der Waals surface area (Å²) in [5.41, 5.74) is 1.24. The molecular formula is C13H10N3O3S. The van der Waals surface area contributed by atoms with Gasteiger partial charge in [-0.25, -0.2) is 4.98 Å². The Labute approximate surface area is 119 Å². The number of hydrogen-bond donors (Lipinski definition) is 0. The van der Waals surface area contributed by atoms with Crippen LogP contribution in [0.1, 0.15) is 0 Å². The molecule has 0 saturated carbocycles. The van der Waals surface area contributed by atoms with Crippen molar-refractivity contribution in [2.45, 2.75) is 4.90 Å². The van der Waals surface area contributed by atoms with E-state index in [1.54, 1.807) is 17.8 Å². The van der Waals surface area contributed by atoms with E-state index in [0.717, 1.165) is 10.6 Å². The third kappa shape index (κ3) is 1.94. The van der Waals surface area contributed by atoms with E-state index in [2.05, 4.69) is 21.4 Å². The van der Waals surface area contributed by atoms with Crippen molar-refractivity contribution in [2.75, 3.05) is 25.6 Å². The summed E-state index contributed by atoms with van der Waals surface area (Å²) in [6, 6.07) is 3.59. The van der Waals surface area contributed by atoms with Gasteiger partial charge in [0.15, 0.2) is 11.5 Å². The maximum atomic E-state index is 5.64. The summed E-state index contributed by atoms with van der Waals surface area (Å²) in [5, 5.41) is 8.27. The highest BCUT2D eigenvalue weighted by Crippen LogP contribution is 2.39. The van der Waals surface area contributed by atoms with Gasteiger partial charge < -0.3 is 14.2 Å². The Balaban J connectivity index is 1.81. The van der Waals surface area contributed by atoms with E-state index in [1.165, 1.54) is 0 Å². The number of thioether (sulfide) groups is 1. The molecule has 4 heterocycles. The van der Waals surface area contributed by atoms with Crippen LogP contribution in [-0.2, 0) is 0 Å². The third-order valence-corrected chi connectivity index (χ3v) is 3.92. The molecule has 0 atom stereocenters. The van der Waals surface area contributed by atoms with Crippen LogP contribution >= 0.6 is 11.8 Å². The van der Waals surface area contributed by atoms with Crippen molar-refractivity contribution in [1.82, 2.24) is 15.2 Å². The molecule has 0 amide bonds. The van der Waals surface area contributed by atoms with Crippen LogP contribution in [0, 0.1) is 6.20 Å². The molecule has 0 saturated heterocycles. The lowest BCUT2D eigenvalue weighted by molar-refractivity contribution is 0.171. The van der Waals surface area contributed by atoms with Gasteiger partial charge in [0, 0.05) is 11.8 Å². The van der Waals surface area contributed by atoms with Gasteiger partial charge in [-0.2, -0.15) is 0 Å². The fraction of sp³-hybridized carbons (Fsp3) is 0.308. The summed E-state index contributed by atoms with van der Waals surface area (Å²) < 4.78 is 16.6. The van der Waals surface area contributed by atoms with Crippen molar-refractivity contribution < 1.29 is 14.2 Å². The zero-order chi connectivity index (χ0) is 13.4. The SMILES string of the molecule is [c]1cc2c(c(-c3cc4c(nn3)OCCS4)n1)OCCO2. The molecule has 2 aromatic heterocycles. The molecule has 0 spiro atoms. The van der Waals surface area contributed by atoms with Crippen LogP contribution in [0.15, 0.2) is 17.0 Å². The van der Waals surface area contributed by atoms with Crippen molar-refractivity contribution in [1.29, 1.82) is 0 Å². The second-order valence-corrected chi connectivity index (χ2v) is 5.36. The van der Waals surface area contributed by atoms with Gasteiger partial charge in [-0.3, -0.25) is 0 Å². The Kier molecular flexibility index (Phi) is 2.84. The maximum Gasteiger partial charge on any atom is 0.247 e. The average Bonchev–Trinajstić information content (AvgIpc) is 2.54. The predicted molar refractivity (Wildman–Crippen MR) is 71.3 cm³/mol. The second kappa shape index (κ2) is 4.82. The first-order valence-electron chi connectivity index (χ1n) is 6.22. The molecule has 0 bridgehead atoms. The van der Waals surface area contributed by atoms with E-state index in [1.807, 2.05) is 6.07 Å². The molecule has 0 fully saturated rings. The summed E-state index contributed by atoms with van der Waals surface area (Å²) in [7, 11) is 0. The summed E-state index contributed by atoms with van der Waals surface area (Å²) >= 11 is 1.70. The van der Waals surface area contributed by atoms with E-state index >= 15 is 0 Å². The van der Waals surface area contributed by atoms with E-state index in [0.29, 0.717) is 48.6 Å². The zero-order valence-electron chi connectivity index (χ0n) is 10.5. The first kappa shape index (κ1) is 11.8. The summed E-state index contributed by atoms with van der Waals surface area (Å²) in [5.74, 6) is 2.73. The molecule has 0 N–H and O–H groups in total. The molecule has 2 aliphatic rings.